The molecule has 1 aromatic carbocycles. The molecule has 3 rings (SSSR count). The molecule has 26 heavy (non-hydrogen) atoms. The van der Waals surface area contributed by atoms with Crippen LogP contribution < -0.4 is 10.1 Å². The maximum atomic E-state index is 12.4. The molecule has 2 aliphatic rings. The number of phenolic OH excluding ortho intramolecular Hbond substituents is 1. The van der Waals surface area contributed by atoms with Crippen LogP contribution in [0.4, 0.5) is 0 Å². The molecule has 4 nitrogen and oxygen atoms in total. The molecule has 1 aromatic rings. The first-order valence-corrected chi connectivity index (χ1v) is 9.29. The van der Waals surface area contributed by atoms with E-state index >= 15 is 0 Å². The summed E-state index contributed by atoms with van der Waals surface area (Å²) in [5.74, 6) is 1.23. The molecule has 0 radical (unpaired) electrons. The number of nitrogens with one attached hydrogen (secondary N) is 1. The molecule has 0 bridgehead atoms. The summed E-state index contributed by atoms with van der Waals surface area (Å²) in [7, 11) is 1.50. The number of carbonyl (C=O) groups excluding carboxylic acids is 1. The first kappa shape index (κ1) is 18.3. The minimum Gasteiger partial charge on any atom is -0.504 e. The Bertz CT molecular complexity index is 764. The van der Waals surface area contributed by atoms with Crippen molar-refractivity contribution in [2.75, 3.05) is 7.11 Å². The number of ether oxygens (including phenoxy) is 1. The Kier molecular flexibility index (Phi) is 5.82. The minimum atomic E-state index is -0.0547. The lowest BCUT2D eigenvalue weighted by molar-refractivity contribution is -0.119. The van der Waals surface area contributed by atoms with Crippen molar-refractivity contribution >= 4 is 5.91 Å². The van der Waals surface area contributed by atoms with Gasteiger partial charge in [-0.05, 0) is 60.9 Å². The van der Waals surface area contributed by atoms with Crippen LogP contribution in [0.2, 0.25) is 0 Å². The van der Waals surface area contributed by atoms with Gasteiger partial charge in [0.05, 0.1) is 13.5 Å². The maximum Gasteiger partial charge on any atom is 0.228 e. The van der Waals surface area contributed by atoms with Gasteiger partial charge in [0.15, 0.2) is 11.5 Å². The first-order chi connectivity index (χ1) is 12.5. The molecule has 0 spiro atoms. The molecule has 0 aromatic heterocycles. The summed E-state index contributed by atoms with van der Waals surface area (Å²) in [5, 5.41) is 12.7. The molecule has 0 unspecified atom stereocenters. The Labute approximate surface area is 155 Å². The molecule has 2 aliphatic carbocycles. The first-order valence-electron chi connectivity index (χ1n) is 9.29. The fourth-order valence-corrected chi connectivity index (χ4v) is 3.60. The summed E-state index contributed by atoms with van der Waals surface area (Å²) >= 11 is 0. The van der Waals surface area contributed by atoms with Crippen LogP contribution in [0.25, 0.3) is 0 Å². The van der Waals surface area contributed by atoms with Crippen LogP contribution in [-0.2, 0) is 11.2 Å². The van der Waals surface area contributed by atoms with E-state index in [1.807, 2.05) is 12.2 Å². The highest BCUT2D eigenvalue weighted by Crippen LogP contribution is 2.33. The standard InChI is InChI=1S/C22H27NO3/c1-15-6-9-17(10-7-15)18-4-3-5-19(14-18)23-22(25)13-16-8-11-20(24)21(12-16)26-2/h3-5,8,11-12,15,24H,6-7,9-10,13-14H2,1-2H3,(H,23,25). The molecule has 4 heteroatoms. The van der Waals surface area contributed by atoms with Gasteiger partial charge in [-0.2, -0.15) is 0 Å². The third kappa shape index (κ3) is 4.57. The molecule has 1 saturated carbocycles. The molecule has 1 amide bonds. The lowest BCUT2D eigenvalue weighted by Gasteiger charge is -2.24. The quantitative estimate of drug-likeness (QED) is 0.843. The van der Waals surface area contributed by atoms with Gasteiger partial charge in [0.1, 0.15) is 0 Å². The maximum absolute atomic E-state index is 12.4. The van der Waals surface area contributed by atoms with E-state index in [1.165, 1.54) is 38.4 Å². The summed E-state index contributed by atoms with van der Waals surface area (Å²) in [6.45, 7) is 2.32. The predicted molar refractivity (Wildman–Crippen MR) is 103 cm³/mol. The Morgan fingerprint density at radius 1 is 1.31 bits per heavy atom. The largest absolute Gasteiger partial charge is 0.504 e. The van der Waals surface area contributed by atoms with Crippen molar-refractivity contribution in [2.45, 2.75) is 45.4 Å². The van der Waals surface area contributed by atoms with Crippen molar-refractivity contribution in [3.63, 3.8) is 0 Å². The average Bonchev–Trinajstić information content (AvgIpc) is 2.64. The Morgan fingerprint density at radius 3 is 2.81 bits per heavy atom. The van der Waals surface area contributed by atoms with Crippen molar-refractivity contribution in [2.24, 2.45) is 5.92 Å². The van der Waals surface area contributed by atoms with Crippen LogP contribution in [0.3, 0.4) is 0 Å². The summed E-state index contributed by atoms with van der Waals surface area (Å²) in [6.07, 6.45) is 12.1. The number of carbonyl (C=O) groups is 1. The van der Waals surface area contributed by atoms with Gasteiger partial charge in [0.25, 0.3) is 0 Å². The normalized spacial score (nSPS) is 19.9. The second-order valence-corrected chi connectivity index (χ2v) is 7.27. The van der Waals surface area contributed by atoms with Gasteiger partial charge in [-0.15, -0.1) is 0 Å². The Hall–Kier alpha value is -2.49. The zero-order chi connectivity index (χ0) is 18.5. The summed E-state index contributed by atoms with van der Waals surface area (Å²) in [4.78, 5) is 12.4. The van der Waals surface area contributed by atoms with E-state index in [2.05, 4.69) is 18.3 Å². The van der Waals surface area contributed by atoms with Crippen molar-refractivity contribution in [1.29, 1.82) is 0 Å². The number of hydrogen-bond donors (Lipinski definition) is 2. The van der Waals surface area contributed by atoms with Crippen molar-refractivity contribution in [1.82, 2.24) is 5.32 Å². The van der Waals surface area contributed by atoms with E-state index in [0.29, 0.717) is 5.75 Å². The number of hydrogen-bond acceptors (Lipinski definition) is 3. The van der Waals surface area contributed by atoms with E-state index in [9.17, 15) is 9.90 Å². The van der Waals surface area contributed by atoms with E-state index in [1.54, 1.807) is 23.8 Å². The van der Waals surface area contributed by atoms with Gasteiger partial charge < -0.3 is 15.2 Å². The topological polar surface area (TPSA) is 58.6 Å². The van der Waals surface area contributed by atoms with Crippen LogP contribution in [-0.4, -0.2) is 18.1 Å². The molecular formula is C22H27NO3. The van der Waals surface area contributed by atoms with Gasteiger partial charge in [-0.3, -0.25) is 4.79 Å². The van der Waals surface area contributed by atoms with Gasteiger partial charge in [-0.25, -0.2) is 0 Å². The molecule has 2 N–H and O–H groups in total. The van der Waals surface area contributed by atoms with Crippen LogP contribution in [0.5, 0.6) is 11.5 Å². The summed E-state index contributed by atoms with van der Waals surface area (Å²) in [6, 6.07) is 4.99. The smallest absolute Gasteiger partial charge is 0.228 e. The average molecular weight is 353 g/mol. The second-order valence-electron chi connectivity index (χ2n) is 7.27. The number of benzene rings is 1. The van der Waals surface area contributed by atoms with E-state index in [-0.39, 0.29) is 18.1 Å². The van der Waals surface area contributed by atoms with Crippen LogP contribution in [0.1, 0.15) is 44.6 Å². The highest BCUT2D eigenvalue weighted by Gasteiger charge is 2.17. The molecule has 0 atom stereocenters. The van der Waals surface area contributed by atoms with E-state index in [4.69, 9.17) is 4.74 Å². The minimum absolute atomic E-state index is 0.0547. The number of amides is 1. The van der Waals surface area contributed by atoms with Crippen LogP contribution in [0.15, 0.2) is 53.3 Å². The van der Waals surface area contributed by atoms with Crippen LogP contribution in [0, 0.1) is 5.92 Å². The van der Waals surface area contributed by atoms with Crippen LogP contribution >= 0.6 is 0 Å². The second kappa shape index (κ2) is 8.26. The zero-order valence-corrected chi connectivity index (χ0v) is 15.5. The molecule has 1 fully saturated rings. The predicted octanol–water partition coefficient (Wildman–Crippen LogP) is 4.41. The number of methoxy groups -OCH3 is 1. The zero-order valence-electron chi connectivity index (χ0n) is 15.5. The number of allylic oxidation sites excluding steroid dienone is 5. The summed E-state index contributed by atoms with van der Waals surface area (Å²) in [5.41, 5.74) is 4.66. The monoisotopic (exact) mass is 353 g/mol. The number of rotatable bonds is 4. The Balaban J connectivity index is 1.60. The van der Waals surface area contributed by atoms with Gasteiger partial charge in [0, 0.05) is 12.1 Å². The van der Waals surface area contributed by atoms with Crippen molar-refractivity contribution in [3.05, 3.63) is 58.8 Å². The molecule has 0 saturated heterocycles. The highest BCUT2D eigenvalue weighted by atomic mass is 16.5. The molecule has 0 heterocycles. The third-order valence-electron chi connectivity index (χ3n) is 5.22. The molecule has 138 valence electrons. The lowest BCUT2D eigenvalue weighted by Crippen LogP contribution is -2.25. The fourth-order valence-electron chi connectivity index (χ4n) is 3.60. The van der Waals surface area contributed by atoms with Crippen molar-refractivity contribution < 1.29 is 14.6 Å². The van der Waals surface area contributed by atoms with Gasteiger partial charge in [0.2, 0.25) is 5.91 Å². The molecule has 0 aliphatic heterocycles. The third-order valence-corrected chi connectivity index (χ3v) is 5.22. The van der Waals surface area contributed by atoms with Gasteiger partial charge in [-0.1, -0.05) is 30.7 Å². The SMILES string of the molecule is COc1cc(CC(=O)NC2=CC=CC(=C3CCC(C)CC3)C2)ccc1O. The molecular weight excluding hydrogens is 326 g/mol. The van der Waals surface area contributed by atoms with E-state index < -0.39 is 0 Å². The van der Waals surface area contributed by atoms with Gasteiger partial charge >= 0.3 is 0 Å². The summed E-state index contributed by atoms with van der Waals surface area (Å²) < 4.78 is 5.10. The van der Waals surface area contributed by atoms with Crippen molar-refractivity contribution in [3.8, 4) is 11.5 Å². The fraction of sp³-hybridized carbons (Fsp3) is 0.409. The number of phenols is 1. The lowest BCUT2D eigenvalue weighted by atomic mass is 9.83. The van der Waals surface area contributed by atoms with E-state index in [0.717, 1.165) is 23.6 Å². The Morgan fingerprint density at radius 2 is 2.08 bits per heavy atom. The highest BCUT2D eigenvalue weighted by molar-refractivity contribution is 5.80. The number of aromatic hydroxyl groups is 1.